The Bertz CT molecular complexity index is 1330. The molecule has 2 aliphatic rings. The molecular formula is C32H41ClN4O3S. The number of nitrogens with zero attached hydrogens (tertiary/aromatic N) is 2. The number of rotatable bonds is 11. The van der Waals surface area contributed by atoms with Gasteiger partial charge < -0.3 is 20.3 Å². The molecule has 2 aromatic carbocycles. The molecule has 0 aliphatic carbocycles. The van der Waals surface area contributed by atoms with Gasteiger partial charge in [-0.3, -0.25) is 14.5 Å². The standard InChI is InChI=1S/C32H41ClN4O3S/c1-21(2)15-27(35-32(39)30-17-23-7-4-5-9-29(23)41-30)31(38)34-24-12-14-37(19-24)18-22-10-11-28(26(33)16-22)40-20-25-8-6-13-36(25)3/h4-5,7,9-11,16-17,21,24-25,27H,6,8,12-15,18-20H2,1-3H3,(H,34,38)(H,35,39)/t24-,25-,27-/m0/s1. The summed E-state index contributed by atoms with van der Waals surface area (Å²) in [5.41, 5.74) is 1.13. The zero-order chi connectivity index (χ0) is 28.9. The molecule has 2 N–H and O–H groups in total. The lowest BCUT2D eigenvalue weighted by Gasteiger charge is -2.23. The number of likely N-dealkylation sites (N-methyl/N-ethyl adjacent to an activating group) is 1. The van der Waals surface area contributed by atoms with Crippen molar-refractivity contribution in [3.05, 3.63) is 64.0 Å². The van der Waals surface area contributed by atoms with E-state index in [-0.39, 0.29) is 23.8 Å². The van der Waals surface area contributed by atoms with Gasteiger partial charge in [0, 0.05) is 36.4 Å². The van der Waals surface area contributed by atoms with Crippen LogP contribution in [-0.2, 0) is 11.3 Å². The Morgan fingerprint density at radius 3 is 2.68 bits per heavy atom. The second kappa shape index (κ2) is 13.6. The first-order valence-electron chi connectivity index (χ1n) is 14.7. The second-order valence-electron chi connectivity index (χ2n) is 11.9. The van der Waals surface area contributed by atoms with E-state index in [1.165, 1.54) is 17.8 Å². The molecule has 7 nitrogen and oxygen atoms in total. The molecule has 0 unspecified atom stereocenters. The molecule has 3 heterocycles. The summed E-state index contributed by atoms with van der Waals surface area (Å²) in [6, 6.07) is 15.8. The molecule has 0 spiro atoms. The van der Waals surface area contributed by atoms with Gasteiger partial charge in [0.15, 0.2) is 0 Å². The lowest BCUT2D eigenvalue weighted by Crippen LogP contribution is -2.50. The fourth-order valence-corrected chi connectivity index (χ4v) is 7.04. The average molecular weight is 597 g/mol. The van der Waals surface area contributed by atoms with Crippen molar-refractivity contribution in [1.29, 1.82) is 0 Å². The van der Waals surface area contributed by atoms with Crippen LogP contribution < -0.4 is 15.4 Å². The number of fused-ring (bicyclic) bond motifs is 1. The van der Waals surface area contributed by atoms with Crippen LogP contribution in [0.25, 0.3) is 10.1 Å². The fraction of sp³-hybridized carbons (Fsp3) is 0.500. The van der Waals surface area contributed by atoms with Gasteiger partial charge in [-0.15, -0.1) is 11.3 Å². The number of benzene rings is 2. The molecule has 2 amide bonds. The van der Waals surface area contributed by atoms with Crippen LogP contribution in [0.1, 0.15) is 54.8 Å². The van der Waals surface area contributed by atoms with Gasteiger partial charge in [-0.2, -0.15) is 0 Å². The zero-order valence-corrected chi connectivity index (χ0v) is 25.8. The molecule has 0 saturated carbocycles. The SMILES string of the molecule is CC(C)C[C@H](NC(=O)c1cc2ccccc2s1)C(=O)N[C@H]1CCN(Cc2ccc(OC[C@@H]3CCCN3C)c(Cl)c2)C1. The molecule has 0 radical (unpaired) electrons. The van der Waals surface area contributed by atoms with Crippen molar-refractivity contribution in [2.75, 3.05) is 33.3 Å². The Morgan fingerprint density at radius 2 is 1.95 bits per heavy atom. The summed E-state index contributed by atoms with van der Waals surface area (Å²) in [7, 11) is 2.14. The van der Waals surface area contributed by atoms with Gasteiger partial charge in [0.2, 0.25) is 5.91 Å². The summed E-state index contributed by atoms with van der Waals surface area (Å²) < 4.78 is 7.10. The van der Waals surface area contributed by atoms with Gasteiger partial charge in [-0.1, -0.05) is 49.7 Å². The fourth-order valence-electron chi connectivity index (χ4n) is 5.82. The van der Waals surface area contributed by atoms with E-state index >= 15 is 0 Å². The molecule has 3 aromatic rings. The number of hydrogen-bond donors (Lipinski definition) is 2. The van der Waals surface area contributed by atoms with Gasteiger partial charge in [-0.05, 0) is 80.4 Å². The highest BCUT2D eigenvalue weighted by Crippen LogP contribution is 2.28. The molecule has 5 rings (SSSR count). The van der Waals surface area contributed by atoms with Crippen molar-refractivity contribution in [3.8, 4) is 5.75 Å². The van der Waals surface area contributed by atoms with Crippen molar-refractivity contribution in [3.63, 3.8) is 0 Å². The van der Waals surface area contributed by atoms with Crippen molar-refractivity contribution in [2.24, 2.45) is 5.92 Å². The minimum atomic E-state index is -0.572. The summed E-state index contributed by atoms with van der Waals surface area (Å²) in [5, 5.41) is 7.90. The first-order valence-corrected chi connectivity index (χ1v) is 15.9. The van der Waals surface area contributed by atoms with E-state index < -0.39 is 6.04 Å². The normalized spacial score (nSPS) is 20.5. The third-order valence-electron chi connectivity index (χ3n) is 8.10. The van der Waals surface area contributed by atoms with Crippen molar-refractivity contribution in [2.45, 2.75) is 64.2 Å². The van der Waals surface area contributed by atoms with Gasteiger partial charge >= 0.3 is 0 Å². The largest absolute Gasteiger partial charge is 0.490 e. The Kier molecular flexibility index (Phi) is 9.86. The number of hydrogen-bond acceptors (Lipinski definition) is 6. The van der Waals surface area contributed by atoms with Crippen LogP contribution >= 0.6 is 22.9 Å². The highest BCUT2D eigenvalue weighted by molar-refractivity contribution is 7.20. The molecule has 2 fully saturated rings. The number of carbonyl (C=O) groups excluding carboxylic acids is 2. The third-order valence-corrected chi connectivity index (χ3v) is 9.51. The number of halogens is 1. The Balaban J connectivity index is 1.12. The van der Waals surface area contributed by atoms with E-state index in [4.69, 9.17) is 16.3 Å². The van der Waals surface area contributed by atoms with Gasteiger partial charge in [0.1, 0.15) is 18.4 Å². The maximum Gasteiger partial charge on any atom is 0.262 e. The molecule has 0 bridgehead atoms. The maximum atomic E-state index is 13.3. The van der Waals surface area contributed by atoms with E-state index in [9.17, 15) is 9.59 Å². The van der Waals surface area contributed by atoms with Crippen LogP contribution in [0.15, 0.2) is 48.5 Å². The highest BCUT2D eigenvalue weighted by atomic mass is 35.5. The lowest BCUT2D eigenvalue weighted by molar-refractivity contribution is -0.124. The first-order chi connectivity index (χ1) is 19.7. The number of nitrogens with one attached hydrogen (secondary N) is 2. The number of ether oxygens (including phenoxy) is 1. The summed E-state index contributed by atoms with van der Waals surface area (Å²) in [6.45, 7) is 8.32. The number of likely N-dealkylation sites (tertiary alicyclic amines) is 2. The minimum Gasteiger partial charge on any atom is -0.490 e. The topological polar surface area (TPSA) is 73.9 Å². The van der Waals surface area contributed by atoms with Gasteiger partial charge in [-0.25, -0.2) is 0 Å². The summed E-state index contributed by atoms with van der Waals surface area (Å²) in [5.74, 6) is 0.692. The van der Waals surface area contributed by atoms with Crippen LogP contribution in [0, 0.1) is 5.92 Å². The Hall–Kier alpha value is -2.65. The quantitative estimate of drug-likeness (QED) is 0.303. The predicted octanol–water partition coefficient (Wildman–Crippen LogP) is 5.56. The molecule has 9 heteroatoms. The summed E-state index contributed by atoms with van der Waals surface area (Å²) in [4.78, 5) is 31.7. The number of thiophene rings is 1. The molecular weight excluding hydrogens is 556 g/mol. The van der Waals surface area contributed by atoms with Crippen LogP contribution in [0.3, 0.4) is 0 Å². The number of carbonyl (C=O) groups is 2. The molecule has 2 saturated heterocycles. The van der Waals surface area contributed by atoms with Crippen LogP contribution in [0.4, 0.5) is 0 Å². The van der Waals surface area contributed by atoms with E-state index in [1.54, 1.807) is 0 Å². The smallest absolute Gasteiger partial charge is 0.262 e. The molecule has 220 valence electrons. The summed E-state index contributed by atoms with van der Waals surface area (Å²) in [6.07, 6.45) is 3.83. The van der Waals surface area contributed by atoms with Crippen molar-refractivity contribution < 1.29 is 14.3 Å². The van der Waals surface area contributed by atoms with E-state index in [0.29, 0.717) is 29.0 Å². The van der Waals surface area contributed by atoms with Crippen molar-refractivity contribution in [1.82, 2.24) is 20.4 Å². The van der Waals surface area contributed by atoms with E-state index in [1.807, 2.05) is 42.5 Å². The van der Waals surface area contributed by atoms with Crippen LogP contribution in [-0.4, -0.2) is 73.0 Å². The summed E-state index contributed by atoms with van der Waals surface area (Å²) >= 11 is 8.02. The maximum absolute atomic E-state index is 13.3. The highest BCUT2D eigenvalue weighted by Gasteiger charge is 2.29. The Labute approximate surface area is 252 Å². The first kappa shape index (κ1) is 29.8. The molecule has 2 aliphatic heterocycles. The van der Waals surface area contributed by atoms with Gasteiger partial charge in [0.25, 0.3) is 5.91 Å². The third kappa shape index (κ3) is 7.80. The Morgan fingerprint density at radius 1 is 1.12 bits per heavy atom. The average Bonchev–Trinajstić information content (AvgIpc) is 3.67. The monoisotopic (exact) mass is 596 g/mol. The van der Waals surface area contributed by atoms with Crippen LogP contribution in [0.5, 0.6) is 5.75 Å². The van der Waals surface area contributed by atoms with E-state index in [0.717, 1.165) is 60.4 Å². The second-order valence-corrected chi connectivity index (χ2v) is 13.4. The van der Waals surface area contributed by atoms with Crippen molar-refractivity contribution >= 4 is 44.8 Å². The van der Waals surface area contributed by atoms with E-state index in [2.05, 4.69) is 47.4 Å². The molecule has 3 atom stereocenters. The minimum absolute atomic E-state index is 0.0415. The van der Waals surface area contributed by atoms with Crippen LogP contribution in [0.2, 0.25) is 5.02 Å². The zero-order valence-electron chi connectivity index (χ0n) is 24.2. The predicted molar refractivity (Wildman–Crippen MR) is 167 cm³/mol. The lowest BCUT2D eigenvalue weighted by atomic mass is 10.0. The molecule has 1 aromatic heterocycles. The molecule has 41 heavy (non-hydrogen) atoms. The number of amides is 2. The van der Waals surface area contributed by atoms with Gasteiger partial charge in [0.05, 0.1) is 9.90 Å².